The zero-order chi connectivity index (χ0) is 17.3. The van der Waals surface area contributed by atoms with Gasteiger partial charge in [-0.3, -0.25) is 4.57 Å². The summed E-state index contributed by atoms with van der Waals surface area (Å²) in [6.45, 7) is 4.46. The van der Waals surface area contributed by atoms with Gasteiger partial charge in [0.15, 0.2) is 0 Å². The normalized spacial score (nSPS) is 11.6. The summed E-state index contributed by atoms with van der Waals surface area (Å²) >= 11 is 0. The summed E-state index contributed by atoms with van der Waals surface area (Å²) in [6, 6.07) is 18.8. The van der Waals surface area contributed by atoms with E-state index in [1.807, 2.05) is 32.0 Å². The van der Waals surface area contributed by atoms with Gasteiger partial charge in [-0.1, -0.05) is 54.6 Å². The van der Waals surface area contributed by atoms with Crippen molar-refractivity contribution in [2.24, 2.45) is 0 Å². The smallest absolute Gasteiger partial charge is 0.309 e. The molecule has 0 saturated heterocycles. The van der Waals surface area contributed by atoms with Crippen LogP contribution in [0.1, 0.15) is 37.0 Å². The molecular weight excluding hydrogens is 319 g/mol. The van der Waals surface area contributed by atoms with E-state index in [2.05, 4.69) is 36.4 Å². The molecule has 0 aliphatic carbocycles. The number of aryl methyl sites for hydroxylation is 2. The molecule has 2 aromatic rings. The first-order valence-electron chi connectivity index (χ1n) is 8.65. The van der Waals surface area contributed by atoms with E-state index in [-0.39, 0.29) is 0 Å². The van der Waals surface area contributed by atoms with Gasteiger partial charge in [-0.05, 0) is 49.8 Å². The van der Waals surface area contributed by atoms with Crippen LogP contribution in [0.3, 0.4) is 0 Å². The highest BCUT2D eigenvalue weighted by molar-refractivity contribution is 7.53. The van der Waals surface area contributed by atoms with Gasteiger partial charge in [0.2, 0.25) is 0 Å². The van der Waals surface area contributed by atoms with Gasteiger partial charge in [-0.15, -0.1) is 0 Å². The van der Waals surface area contributed by atoms with Crippen molar-refractivity contribution >= 4 is 7.60 Å². The summed E-state index contributed by atoms with van der Waals surface area (Å²) in [4.78, 5) is 0. The fraction of sp³-hybridized carbons (Fsp3) is 0.400. The first-order chi connectivity index (χ1) is 11.6. The Labute approximate surface area is 145 Å². The van der Waals surface area contributed by atoms with Gasteiger partial charge in [0.25, 0.3) is 0 Å². The molecule has 0 spiro atoms. The zero-order valence-electron chi connectivity index (χ0n) is 14.6. The van der Waals surface area contributed by atoms with Crippen LogP contribution in [-0.4, -0.2) is 13.2 Å². The van der Waals surface area contributed by atoms with Gasteiger partial charge in [0.05, 0.1) is 19.4 Å². The van der Waals surface area contributed by atoms with E-state index in [9.17, 15) is 4.57 Å². The van der Waals surface area contributed by atoms with Crippen LogP contribution in [0.25, 0.3) is 0 Å². The van der Waals surface area contributed by atoms with Crippen molar-refractivity contribution in [3.05, 3.63) is 71.3 Å². The third kappa shape index (κ3) is 6.24. The van der Waals surface area contributed by atoms with Gasteiger partial charge in [0, 0.05) is 0 Å². The maximum atomic E-state index is 12.6. The molecule has 0 aliphatic heterocycles. The fourth-order valence-electron chi connectivity index (χ4n) is 2.70. The molecule has 0 radical (unpaired) electrons. The average molecular weight is 346 g/mol. The summed E-state index contributed by atoms with van der Waals surface area (Å²) in [7, 11) is -3.02. The lowest BCUT2D eigenvalue weighted by atomic mass is 10.0. The molecular formula is C20H27O3P. The molecule has 0 unspecified atom stereocenters. The molecule has 0 aliphatic rings. The lowest BCUT2D eigenvalue weighted by Gasteiger charge is -2.17. The zero-order valence-corrected chi connectivity index (χ0v) is 15.5. The van der Waals surface area contributed by atoms with Crippen LogP contribution in [0.4, 0.5) is 0 Å². The van der Waals surface area contributed by atoms with Crippen LogP contribution in [-0.2, 0) is 32.6 Å². The van der Waals surface area contributed by atoms with Crippen LogP contribution >= 0.6 is 7.60 Å². The first-order valence-corrected chi connectivity index (χ1v) is 10.4. The van der Waals surface area contributed by atoms with Crippen LogP contribution in [0.15, 0.2) is 54.6 Å². The predicted molar refractivity (Wildman–Crippen MR) is 99.5 cm³/mol. The third-order valence-corrected chi connectivity index (χ3v) is 5.88. The molecule has 2 aromatic carbocycles. The Kier molecular flexibility index (Phi) is 7.71. The summed E-state index contributed by atoms with van der Waals surface area (Å²) in [5.74, 6) is 0. The summed E-state index contributed by atoms with van der Waals surface area (Å²) in [6.07, 6.45) is 3.59. The standard InChI is InChI=1S/C20H27O3P/c1-3-22-24(21,23-4-2)17-20-15-13-19(14-16-20)12-8-11-18-9-6-5-7-10-18/h5-7,9-10,13-16H,3-4,8,11-12,17H2,1-2H3. The van der Waals surface area contributed by atoms with E-state index in [0.717, 1.165) is 24.8 Å². The van der Waals surface area contributed by atoms with Gasteiger partial charge in [-0.2, -0.15) is 0 Å². The lowest BCUT2D eigenvalue weighted by molar-refractivity contribution is 0.219. The highest BCUT2D eigenvalue weighted by Crippen LogP contribution is 2.51. The Bertz CT molecular complexity index is 628. The Morgan fingerprint density at radius 1 is 0.750 bits per heavy atom. The van der Waals surface area contributed by atoms with Crippen LogP contribution in [0.2, 0.25) is 0 Å². The molecule has 0 amide bonds. The summed E-state index contributed by atoms with van der Waals surface area (Å²) in [5.41, 5.74) is 3.67. The van der Waals surface area contributed by atoms with Crippen molar-refractivity contribution < 1.29 is 13.6 Å². The quantitative estimate of drug-likeness (QED) is 0.523. The van der Waals surface area contributed by atoms with Gasteiger partial charge < -0.3 is 9.05 Å². The molecule has 0 bridgehead atoms. The average Bonchev–Trinajstić information content (AvgIpc) is 2.58. The van der Waals surface area contributed by atoms with Crippen LogP contribution in [0.5, 0.6) is 0 Å². The number of hydrogen-bond donors (Lipinski definition) is 0. The topological polar surface area (TPSA) is 35.5 Å². The molecule has 24 heavy (non-hydrogen) atoms. The van der Waals surface area contributed by atoms with Crippen LogP contribution in [0, 0.1) is 0 Å². The van der Waals surface area contributed by atoms with Crippen molar-refractivity contribution in [1.29, 1.82) is 0 Å². The van der Waals surface area contributed by atoms with Crippen molar-refractivity contribution in [2.75, 3.05) is 13.2 Å². The number of hydrogen-bond acceptors (Lipinski definition) is 3. The Balaban J connectivity index is 1.87. The predicted octanol–water partition coefficient (Wildman–Crippen LogP) is 5.63. The third-order valence-electron chi connectivity index (χ3n) is 3.82. The van der Waals surface area contributed by atoms with Crippen molar-refractivity contribution in [3.63, 3.8) is 0 Å². The highest BCUT2D eigenvalue weighted by atomic mass is 31.2. The second-order valence-electron chi connectivity index (χ2n) is 5.76. The summed E-state index contributed by atoms with van der Waals surface area (Å²) < 4.78 is 23.3. The molecule has 0 N–H and O–H groups in total. The van der Waals surface area contributed by atoms with Gasteiger partial charge >= 0.3 is 7.60 Å². The minimum Gasteiger partial charge on any atom is -0.309 e. The molecule has 0 heterocycles. The van der Waals surface area contributed by atoms with E-state index in [1.165, 1.54) is 11.1 Å². The molecule has 3 nitrogen and oxygen atoms in total. The lowest BCUT2D eigenvalue weighted by Crippen LogP contribution is -1.99. The fourth-order valence-corrected chi connectivity index (χ4v) is 4.40. The minimum absolute atomic E-state index is 0.332. The van der Waals surface area contributed by atoms with Gasteiger partial charge in [0.1, 0.15) is 0 Å². The molecule has 2 rings (SSSR count). The highest BCUT2D eigenvalue weighted by Gasteiger charge is 2.23. The molecule has 130 valence electrons. The second-order valence-corrected chi connectivity index (χ2v) is 7.81. The van der Waals surface area contributed by atoms with Crippen molar-refractivity contribution in [1.82, 2.24) is 0 Å². The number of benzene rings is 2. The van der Waals surface area contributed by atoms with E-state index in [1.54, 1.807) is 0 Å². The molecule has 0 fully saturated rings. The van der Waals surface area contributed by atoms with Crippen molar-refractivity contribution in [2.45, 2.75) is 39.3 Å². The number of rotatable bonds is 10. The van der Waals surface area contributed by atoms with E-state index in [0.29, 0.717) is 19.4 Å². The SMILES string of the molecule is CCOP(=O)(Cc1ccc(CCCc2ccccc2)cc1)OCC. The molecule has 0 atom stereocenters. The molecule has 4 heteroatoms. The second kappa shape index (κ2) is 9.78. The largest absolute Gasteiger partial charge is 0.335 e. The Morgan fingerprint density at radius 2 is 1.25 bits per heavy atom. The molecule has 0 aromatic heterocycles. The van der Waals surface area contributed by atoms with E-state index >= 15 is 0 Å². The first kappa shape index (κ1) is 18.9. The maximum absolute atomic E-state index is 12.6. The van der Waals surface area contributed by atoms with Crippen molar-refractivity contribution in [3.8, 4) is 0 Å². The van der Waals surface area contributed by atoms with Crippen LogP contribution < -0.4 is 0 Å². The van der Waals surface area contributed by atoms with Gasteiger partial charge in [-0.25, -0.2) is 0 Å². The minimum atomic E-state index is -3.02. The van der Waals surface area contributed by atoms with E-state index in [4.69, 9.17) is 9.05 Å². The maximum Gasteiger partial charge on any atom is 0.335 e. The Morgan fingerprint density at radius 3 is 1.79 bits per heavy atom. The monoisotopic (exact) mass is 346 g/mol. The Hall–Kier alpha value is -1.41. The molecule has 0 saturated carbocycles. The summed E-state index contributed by atoms with van der Waals surface area (Å²) in [5, 5.41) is 0. The van der Waals surface area contributed by atoms with E-state index < -0.39 is 7.60 Å².